The standard InChI is InChI=1S/C16H25N3O/c1-17-15-5-3-2-4-12-10-19(11-14(12)15)9-8-16(20)18-13-6-7-13/h10-11,13,15,17H,2-9H2,1H3,(H,18,20). The molecule has 1 unspecified atom stereocenters. The molecule has 1 amide bonds. The second kappa shape index (κ2) is 6.00. The molecular weight excluding hydrogens is 250 g/mol. The van der Waals surface area contributed by atoms with Gasteiger partial charge in [0, 0.05) is 37.4 Å². The Morgan fingerprint density at radius 3 is 2.90 bits per heavy atom. The molecule has 0 radical (unpaired) electrons. The Hall–Kier alpha value is -1.29. The number of rotatable bonds is 5. The Balaban J connectivity index is 1.61. The SMILES string of the molecule is CNC1CCCCc2cn(CCC(=O)NC3CC3)cc21. The summed E-state index contributed by atoms with van der Waals surface area (Å²) in [4.78, 5) is 11.7. The van der Waals surface area contributed by atoms with Gasteiger partial charge >= 0.3 is 0 Å². The molecule has 0 saturated heterocycles. The van der Waals surface area contributed by atoms with Crippen molar-refractivity contribution in [1.29, 1.82) is 0 Å². The number of nitrogens with zero attached hydrogens (tertiary/aromatic N) is 1. The predicted octanol–water partition coefficient (Wildman–Crippen LogP) is 2.14. The van der Waals surface area contributed by atoms with Gasteiger partial charge in [0.1, 0.15) is 0 Å². The van der Waals surface area contributed by atoms with Crippen LogP contribution in [0.5, 0.6) is 0 Å². The van der Waals surface area contributed by atoms with Gasteiger partial charge in [0.05, 0.1) is 0 Å². The first-order chi connectivity index (χ1) is 9.76. The fourth-order valence-electron chi connectivity index (χ4n) is 3.10. The summed E-state index contributed by atoms with van der Waals surface area (Å²) in [6.45, 7) is 0.794. The van der Waals surface area contributed by atoms with E-state index >= 15 is 0 Å². The van der Waals surface area contributed by atoms with Gasteiger partial charge in [0.2, 0.25) is 5.91 Å². The van der Waals surface area contributed by atoms with E-state index < -0.39 is 0 Å². The molecule has 1 aromatic heterocycles. The number of carbonyl (C=O) groups excluding carboxylic acids is 1. The van der Waals surface area contributed by atoms with Gasteiger partial charge in [-0.15, -0.1) is 0 Å². The van der Waals surface area contributed by atoms with Gasteiger partial charge in [0.15, 0.2) is 0 Å². The third-order valence-corrected chi connectivity index (χ3v) is 4.45. The number of carbonyl (C=O) groups is 1. The predicted molar refractivity (Wildman–Crippen MR) is 79.6 cm³/mol. The molecule has 1 atom stereocenters. The molecule has 1 saturated carbocycles. The van der Waals surface area contributed by atoms with E-state index in [-0.39, 0.29) is 5.91 Å². The van der Waals surface area contributed by atoms with Crippen molar-refractivity contribution >= 4 is 5.91 Å². The lowest BCUT2D eigenvalue weighted by Gasteiger charge is -2.13. The minimum Gasteiger partial charge on any atom is -0.353 e. The Labute approximate surface area is 120 Å². The Morgan fingerprint density at radius 1 is 1.30 bits per heavy atom. The fraction of sp³-hybridized carbons (Fsp3) is 0.688. The van der Waals surface area contributed by atoms with Gasteiger partial charge in [-0.2, -0.15) is 0 Å². The molecule has 4 nitrogen and oxygen atoms in total. The van der Waals surface area contributed by atoms with Crippen molar-refractivity contribution in [2.75, 3.05) is 7.05 Å². The molecule has 0 spiro atoms. The Morgan fingerprint density at radius 2 is 2.15 bits per heavy atom. The summed E-state index contributed by atoms with van der Waals surface area (Å²) in [6, 6.07) is 0.951. The lowest BCUT2D eigenvalue weighted by Crippen LogP contribution is -2.26. The summed E-state index contributed by atoms with van der Waals surface area (Å²) < 4.78 is 2.20. The normalized spacial score (nSPS) is 22.1. The number of aryl methyl sites for hydroxylation is 2. The highest BCUT2D eigenvalue weighted by Crippen LogP contribution is 2.29. The van der Waals surface area contributed by atoms with E-state index in [0.717, 1.165) is 19.4 Å². The van der Waals surface area contributed by atoms with Gasteiger partial charge in [-0.3, -0.25) is 4.79 Å². The van der Waals surface area contributed by atoms with Crippen LogP contribution >= 0.6 is 0 Å². The Bertz CT molecular complexity index is 476. The van der Waals surface area contributed by atoms with E-state index in [4.69, 9.17) is 0 Å². The van der Waals surface area contributed by atoms with Crippen LogP contribution in [-0.2, 0) is 17.8 Å². The molecule has 110 valence electrons. The molecule has 3 rings (SSSR count). The molecule has 2 aliphatic rings. The van der Waals surface area contributed by atoms with E-state index in [1.54, 1.807) is 0 Å². The summed E-state index contributed by atoms with van der Waals surface area (Å²) in [5.74, 6) is 0.196. The first-order valence-corrected chi connectivity index (χ1v) is 7.91. The van der Waals surface area contributed by atoms with Crippen LogP contribution in [0.2, 0.25) is 0 Å². The molecular formula is C16H25N3O. The maximum atomic E-state index is 11.7. The summed E-state index contributed by atoms with van der Waals surface area (Å²) in [5.41, 5.74) is 2.90. The molecule has 0 bridgehead atoms. The summed E-state index contributed by atoms with van der Waals surface area (Å²) in [5, 5.41) is 6.47. The molecule has 1 aromatic rings. The summed E-state index contributed by atoms with van der Waals surface area (Å²) >= 11 is 0. The number of amides is 1. The maximum Gasteiger partial charge on any atom is 0.222 e. The van der Waals surface area contributed by atoms with Crippen molar-refractivity contribution in [1.82, 2.24) is 15.2 Å². The molecule has 4 heteroatoms. The average molecular weight is 275 g/mol. The van der Waals surface area contributed by atoms with Crippen LogP contribution in [0.15, 0.2) is 12.4 Å². The highest BCUT2D eigenvalue weighted by Gasteiger charge is 2.23. The first-order valence-electron chi connectivity index (χ1n) is 7.91. The van der Waals surface area contributed by atoms with E-state index in [1.165, 1.54) is 36.8 Å². The molecule has 0 aromatic carbocycles. The van der Waals surface area contributed by atoms with Crippen molar-refractivity contribution in [3.8, 4) is 0 Å². The second-order valence-electron chi connectivity index (χ2n) is 6.16. The van der Waals surface area contributed by atoms with E-state index in [9.17, 15) is 4.79 Å². The van der Waals surface area contributed by atoms with Gasteiger partial charge in [0.25, 0.3) is 0 Å². The number of hydrogen-bond donors (Lipinski definition) is 2. The number of nitrogens with one attached hydrogen (secondary N) is 2. The quantitative estimate of drug-likeness (QED) is 0.809. The molecule has 1 heterocycles. The van der Waals surface area contributed by atoms with Gasteiger partial charge in [-0.1, -0.05) is 6.42 Å². The smallest absolute Gasteiger partial charge is 0.222 e. The average Bonchev–Trinajstić information content (AvgIpc) is 3.19. The van der Waals surface area contributed by atoms with Gasteiger partial charge in [-0.25, -0.2) is 0 Å². The second-order valence-corrected chi connectivity index (χ2v) is 6.16. The maximum absolute atomic E-state index is 11.7. The summed E-state index contributed by atoms with van der Waals surface area (Å²) in [7, 11) is 2.04. The molecule has 2 aliphatic carbocycles. The van der Waals surface area contributed by atoms with Crippen LogP contribution in [-0.4, -0.2) is 23.6 Å². The van der Waals surface area contributed by atoms with E-state index in [2.05, 4.69) is 27.6 Å². The van der Waals surface area contributed by atoms with Gasteiger partial charge < -0.3 is 15.2 Å². The highest BCUT2D eigenvalue weighted by molar-refractivity contribution is 5.76. The zero-order chi connectivity index (χ0) is 13.9. The van der Waals surface area contributed by atoms with Crippen LogP contribution in [0.3, 0.4) is 0 Å². The topological polar surface area (TPSA) is 46.1 Å². The lowest BCUT2D eigenvalue weighted by molar-refractivity contribution is -0.121. The minimum atomic E-state index is 0.196. The lowest BCUT2D eigenvalue weighted by atomic mass is 10.1. The molecule has 0 aliphatic heterocycles. The van der Waals surface area contributed by atoms with Crippen LogP contribution in [0.25, 0.3) is 0 Å². The number of fused-ring (bicyclic) bond motifs is 1. The third-order valence-electron chi connectivity index (χ3n) is 4.45. The van der Waals surface area contributed by atoms with Crippen molar-refractivity contribution in [2.45, 2.75) is 63.6 Å². The van der Waals surface area contributed by atoms with Gasteiger partial charge in [-0.05, 0) is 50.3 Å². The molecule has 2 N–H and O–H groups in total. The number of hydrogen-bond acceptors (Lipinski definition) is 2. The van der Waals surface area contributed by atoms with Crippen LogP contribution in [0, 0.1) is 0 Å². The molecule has 20 heavy (non-hydrogen) atoms. The van der Waals surface area contributed by atoms with Crippen LogP contribution < -0.4 is 10.6 Å². The monoisotopic (exact) mass is 275 g/mol. The Kier molecular flexibility index (Phi) is 4.10. The zero-order valence-corrected chi connectivity index (χ0v) is 12.3. The zero-order valence-electron chi connectivity index (χ0n) is 12.3. The van der Waals surface area contributed by atoms with E-state index in [1.807, 2.05) is 7.05 Å². The molecule has 1 fully saturated rings. The van der Waals surface area contributed by atoms with Crippen LogP contribution in [0.1, 0.15) is 55.7 Å². The first kappa shape index (κ1) is 13.7. The van der Waals surface area contributed by atoms with E-state index in [0.29, 0.717) is 18.5 Å². The summed E-state index contributed by atoms with van der Waals surface area (Å²) in [6.07, 6.45) is 12.4. The van der Waals surface area contributed by atoms with Crippen molar-refractivity contribution in [2.24, 2.45) is 0 Å². The van der Waals surface area contributed by atoms with Crippen LogP contribution in [0.4, 0.5) is 0 Å². The van der Waals surface area contributed by atoms with Crippen molar-refractivity contribution in [3.05, 3.63) is 23.5 Å². The third kappa shape index (κ3) is 3.23. The minimum absolute atomic E-state index is 0.196. The fourth-order valence-corrected chi connectivity index (χ4v) is 3.10. The van der Waals surface area contributed by atoms with Crippen molar-refractivity contribution < 1.29 is 4.79 Å². The number of aromatic nitrogens is 1. The van der Waals surface area contributed by atoms with Crippen molar-refractivity contribution in [3.63, 3.8) is 0 Å². The highest BCUT2D eigenvalue weighted by atomic mass is 16.1. The largest absolute Gasteiger partial charge is 0.353 e.